The highest BCUT2D eigenvalue weighted by molar-refractivity contribution is 9.10. The van der Waals surface area contributed by atoms with E-state index in [4.69, 9.17) is 4.74 Å². The monoisotopic (exact) mass is 460 g/mol. The molecule has 2 atom stereocenters. The average molecular weight is 461 g/mol. The minimum absolute atomic E-state index is 0.403. The molecule has 2 unspecified atom stereocenters. The number of hydrogen-bond donors (Lipinski definition) is 0. The molecular weight excluding hydrogens is 440 g/mol. The molecule has 2 aliphatic rings. The van der Waals surface area contributed by atoms with E-state index < -0.39 is 11.8 Å². The van der Waals surface area contributed by atoms with Gasteiger partial charge in [0.05, 0.1) is 5.69 Å². The first kappa shape index (κ1) is 19.1. The van der Waals surface area contributed by atoms with E-state index in [9.17, 15) is 4.79 Å². The second-order valence-electron chi connectivity index (χ2n) is 7.75. The first-order valence-electron chi connectivity index (χ1n) is 9.81. The standard InChI is InChI=1S/C25H21BrN2O2/c1-27(2)22-12-11-18(26)15-21(22)25(16-29)20-9-5-6-10-23(20)28-14-13-17-7-3-4-8-19(17)24(28)30-25/h3-16,24H,1-2H3. The van der Waals surface area contributed by atoms with E-state index in [1.807, 2.05) is 73.7 Å². The van der Waals surface area contributed by atoms with Gasteiger partial charge >= 0.3 is 0 Å². The van der Waals surface area contributed by atoms with E-state index in [-0.39, 0.29) is 0 Å². The summed E-state index contributed by atoms with van der Waals surface area (Å²) in [6.45, 7) is 0. The predicted molar refractivity (Wildman–Crippen MR) is 124 cm³/mol. The number of carbonyl (C=O) groups is 1. The van der Waals surface area contributed by atoms with Crippen LogP contribution in [0.3, 0.4) is 0 Å². The Morgan fingerprint density at radius 2 is 1.80 bits per heavy atom. The summed E-state index contributed by atoms with van der Waals surface area (Å²) in [5.41, 5.74) is 4.46. The van der Waals surface area contributed by atoms with Crippen molar-refractivity contribution >= 4 is 39.7 Å². The number of anilines is 2. The molecule has 0 saturated heterocycles. The smallest absolute Gasteiger partial charge is 0.180 e. The molecule has 0 spiro atoms. The Balaban J connectivity index is 1.81. The van der Waals surface area contributed by atoms with E-state index in [0.717, 1.165) is 44.4 Å². The molecule has 5 heteroatoms. The number of aldehydes is 1. The van der Waals surface area contributed by atoms with Crippen LogP contribution in [-0.2, 0) is 15.1 Å². The van der Waals surface area contributed by atoms with Crippen molar-refractivity contribution in [3.05, 3.63) is 99.7 Å². The zero-order valence-corrected chi connectivity index (χ0v) is 18.3. The van der Waals surface area contributed by atoms with Crippen molar-refractivity contribution in [2.45, 2.75) is 11.8 Å². The van der Waals surface area contributed by atoms with Gasteiger partial charge in [-0.15, -0.1) is 0 Å². The molecule has 5 rings (SSSR count). The van der Waals surface area contributed by atoms with Gasteiger partial charge in [-0.05, 0) is 35.9 Å². The van der Waals surface area contributed by atoms with E-state index in [2.05, 4.69) is 45.1 Å². The van der Waals surface area contributed by atoms with Crippen molar-refractivity contribution in [2.24, 2.45) is 0 Å². The van der Waals surface area contributed by atoms with Gasteiger partial charge in [-0.3, -0.25) is 4.79 Å². The second kappa shape index (κ2) is 7.11. The Labute approximate surface area is 184 Å². The molecule has 2 aliphatic heterocycles. The first-order valence-corrected chi connectivity index (χ1v) is 10.6. The summed E-state index contributed by atoms with van der Waals surface area (Å²) in [4.78, 5) is 17.0. The third-order valence-electron chi connectivity index (χ3n) is 5.82. The van der Waals surface area contributed by atoms with Gasteiger partial charge in [-0.2, -0.15) is 0 Å². The highest BCUT2D eigenvalue weighted by Gasteiger charge is 2.48. The number of benzene rings is 3. The van der Waals surface area contributed by atoms with Crippen LogP contribution in [0.5, 0.6) is 0 Å². The van der Waals surface area contributed by atoms with Crippen LogP contribution in [-0.4, -0.2) is 20.4 Å². The van der Waals surface area contributed by atoms with E-state index in [1.54, 1.807) is 0 Å². The SMILES string of the molecule is CN(C)c1ccc(Br)cc1C1(C=O)OC2c3ccccc3C=CN2c2ccccc21. The lowest BCUT2D eigenvalue weighted by atomic mass is 9.82. The molecule has 0 aromatic heterocycles. The van der Waals surface area contributed by atoms with Gasteiger partial charge < -0.3 is 14.5 Å². The lowest BCUT2D eigenvalue weighted by Crippen LogP contribution is -2.46. The van der Waals surface area contributed by atoms with Crippen LogP contribution in [0.2, 0.25) is 0 Å². The molecule has 0 amide bonds. The summed E-state index contributed by atoms with van der Waals surface area (Å²) in [7, 11) is 3.95. The fraction of sp³-hybridized carbons (Fsp3) is 0.160. The second-order valence-corrected chi connectivity index (χ2v) is 8.66. The average Bonchev–Trinajstić information content (AvgIpc) is 2.78. The zero-order valence-electron chi connectivity index (χ0n) is 16.7. The Bertz CT molecular complexity index is 1170. The van der Waals surface area contributed by atoms with E-state index in [1.165, 1.54) is 0 Å². The van der Waals surface area contributed by atoms with E-state index >= 15 is 0 Å². The highest BCUT2D eigenvalue weighted by atomic mass is 79.9. The van der Waals surface area contributed by atoms with Gasteiger partial charge in [0.15, 0.2) is 18.1 Å². The summed E-state index contributed by atoms with van der Waals surface area (Å²) in [6, 6.07) is 22.1. The molecule has 4 nitrogen and oxygen atoms in total. The third-order valence-corrected chi connectivity index (χ3v) is 6.31. The largest absolute Gasteiger partial charge is 0.377 e. The predicted octanol–water partition coefficient (Wildman–Crippen LogP) is 5.48. The van der Waals surface area contributed by atoms with Crippen molar-refractivity contribution in [1.29, 1.82) is 0 Å². The molecule has 2 heterocycles. The molecule has 150 valence electrons. The number of hydrogen-bond acceptors (Lipinski definition) is 4. The number of rotatable bonds is 3. The maximum absolute atomic E-state index is 12.9. The Kier molecular flexibility index (Phi) is 4.53. The van der Waals surface area contributed by atoms with Gasteiger partial charge in [-0.1, -0.05) is 58.4 Å². The minimum atomic E-state index is -1.24. The van der Waals surface area contributed by atoms with Crippen molar-refractivity contribution in [3.8, 4) is 0 Å². The zero-order chi connectivity index (χ0) is 20.9. The number of nitrogens with zero attached hydrogens (tertiary/aromatic N) is 2. The molecule has 30 heavy (non-hydrogen) atoms. The maximum Gasteiger partial charge on any atom is 0.180 e. The van der Waals surface area contributed by atoms with Crippen molar-refractivity contribution in [1.82, 2.24) is 0 Å². The molecule has 3 aromatic carbocycles. The third kappa shape index (κ3) is 2.73. The van der Waals surface area contributed by atoms with Gasteiger partial charge in [0.25, 0.3) is 0 Å². The van der Waals surface area contributed by atoms with Gasteiger partial charge in [-0.25, -0.2) is 0 Å². The van der Waals surface area contributed by atoms with Crippen LogP contribution in [0.25, 0.3) is 6.08 Å². The van der Waals surface area contributed by atoms with Gasteiger partial charge in [0.1, 0.15) is 0 Å². The summed E-state index contributed by atoms with van der Waals surface area (Å²) in [6.07, 6.45) is 4.66. The fourth-order valence-electron chi connectivity index (χ4n) is 4.41. The molecule has 0 aliphatic carbocycles. The fourth-order valence-corrected chi connectivity index (χ4v) is 4.78. The highest BCUT2D eigenvalue weighted by Crippen LogP contribution is 2.52. The molecule has 0 fully saturated rings. The van der Waals surface area contributed by atoms with Crippen LogP contribution in [0.4, 0.5) is 11.4 Å². The van der Waals surface area contributed by atoms with Crippen molar-refractivity contribution in [3.63, 3.8) is 0 Å². The van der Waals surface area contributed by atoms with Crippen molar-refractivity contribution in [2.75, 3.05) is 23.9 Å². The van der Waals surface area contributed by atoms with E-state index in [0.29, 0.717) is 0 Å². The minimum Gasteiger partial charge on any atom is -0.377 e. The number of halogens is 1. The van der Waals surface area contributed by atoms with Crippen LogP contribution in [0.15, 0.2) is 77.4 Å². The van der Waals surface area contributed by atoms with Gasteiger partial charge in [0, 0.05) is 47.1 Å². The summed E-state index contributed by atoms with van der Waals surface area (Å²) in [5.74, 6) is 0. The Hall–Kier alpha value is -2.89. The molecule has 0 radical (unpaired) electrons. The molecule has 0 N–H and O–H groups in total. The Morgan fingerprint density at radius 1 is 1.03 bits per heavy atom. The van der Waals surface area contributed by atoms with Crippen LogP contribution >= 0.6 is 15.9 Å². The number of para-hydroxylation sites is 1. The quantitative estimate of drug-likeness (QED) is 0.484. The van der Waals surface area contributed by atoms with Crippen LogP contribution in [0.1, 0.15) is 28.5 Å². The lowest BCUT2D eigenvalue weighted by Gasteiger charge is -2.47. The topological polar surface area (TPSA) is 32.8 Å². The molecular formula is C25H21BrN2O2. The molecule has 0 saturated carbocycles. The summed E-state index contributed by atoms with van der Waals surface area (Å²) in [5, 5.41) is 0. The number of fused-ring (bicyclic) bond motifs is 5. The first-order chi connectivity index (χ1) is 14.5. The number of carbonyl (C=O) groups excluding carboxylic acids is 1. The molecule has 0 bridgehead atoms. The van der Waals surface area contributed by atoms with Gasteiger partial charge in [0.2, 0.25) is 0 Å². The summed E-state index contributed by atoms with van der Waals surface area (Å²) >= 11 is 3.59. The Morgan fingerprint density at radius 3 is 2.60 bits per heavy atom. The lowest BCUT2D eigenvalue weighted by molar-refractivity contribution is -0.137. The maximum atomic E-state index is 12.9. The van der Waals surface area contributed by atoms with Crippen LogP contribution < -0.4 is 9.80 Å². The van der Waals surface area contributed by atoms with Crippen LogP contribution in [0, 0.1) is 0 Å². The molecule has 3 aromatic rings. The number of ether oxygens (including phenoxy) is 1. The van der Waals surface area contributed by atoms with Crippen molar-refractivity contribution < 1.29 is 9.53 Å². The summed E-state index contributed by atoms with van der Waals surface area (Å²) < 4.78 is 7.67. The normalized spacial score (nSPS) is 21.4.